The second-order valence-electron chi connectivity index (χ2n) is 3.21. The van der Waals surface area contributed by atoms with Crippen molar-refractivity contribution in [2.24, 2.45) is 0 Å². The Balaban J connectivity index is 2.84. The summed E-state index contributed by atoms with van der Waals surface area (Å²) < 4.78 is 61.2. The van der Waals surface area contributed by atoms with Crippen molar-refractivity contribution < 1.29 is 21.6 Å². The predicted molar refractivity (Wildman–Crippen MR) is 62.8 cm³/mol. The average molecular weight is 368 g/mol. The van der Waals surface area contributed by atoms with Crippen LogP contribution >= 0.6 is 27.5 Å². The molecule has 0 aliphatic rings. The number of nitrogens with one attached hydrogen (secondary N) is 1. The molecular formula is C8H7BrClF3N2O2S. The van der Waals surface area contributed by atoms with Crippen LogP contribution < -0.4 is 4.72 Å². The van der Waals surface area contributed by atoms with Gasteiger partial charge in [0.15, 0.2) is 0 Å². The topological polar surface area (TPSA) is 59.1 Å². The standard InChI is InChI=1S/C8H7BrClF3N2O2S/c9-5-3-6(7(10)14-4-5)18(16,17)15-2-1-8(11,12)13/h3-4,15H,1-2H2. The molecule has 4 nitrogen and oxygen atoms in total. The number of rotatable bonds is 4. The number of halogens is 5. The molecule has 0 amide bonds. The van der Waals surface area contributed by atoms with E-state index in [1.165, 1.54) is 6.20 Å². The van der Waals surface area contributed by atoms with Crippen LogP contribution in [0.15, 0.2) is 21.6 Å². The predicted octanol–water partition coefficient (Wildman–Crippen LogP) is 2.73. The lowest BCUT2D eigenvalue weighted by Gasteiger charge is -2.09. The zero-order valence-electron chi connectivity index (χ0n) is 8.63. The molecule has 0 aliphatic heterocycles. The number of nitrogens with zero attached hydrogens (tertiary/aromatic N) is 1. The maximum absolute atomic E-state index is 11.9. The minimum absolute atomic E-state index is 0.308. The molecule has 10 heteroatoms. The molecule has 1 aromatic rings. The van der Waals surface area contributed by atoms with E-state index in [-0.39, 0.29) is 10.0 Å². The van der Waals surface area contributed by atoms with Gasteiger partial charge in [0.2, 0.25) is 10.0 Å². The lowest BCUT2D eigenvalue weighted by Crippen LogP contribution is -2.28. The minimum Gasteiger partial charge on any atom is -0.242 e. The van der Waals surface area contributed by atoms with Crippen molar-refractivity contribution in [2.75, 3.05) is 6.54 Å². The highest BCUT2D eigenvalue weighted by Crippen LogP contribution is 2.23. The second kappa shape index (κ2) is 5.72. The summed E-state index contributed by atoms with van der Waals surface area (Å²) in [7, 11) is -4.11. The van der Waals surface area contributed by atoms with E-state index >= 15 is 0 Å². The summed E-state index contributed by atoms with van der Waals surface area (Å²) in [5.74, 6) is 0. The smallest absolute Gasteiger partial charge is 0.242 e. The van der Waals surface area contributed by atoms with Gasteiger partial charge in [0.05, 0.1) is 6.42 Å². The Kier molecular flexibility index (Phi) is 4.98. The maximum Gasteiger partial charge on any atom is 0.390 e. The summed E-state index contributed by atoms with van der Waals surface area (Å²) in [6, 6.07) is 1.16. The van der Waals surface area contributed by atoms with Gasteiger partial charge < -0.3 is 0 Å². The van der Waals surface area contributed by atoms with Crippen LogP contribution in [0.5, 0.6) is 0 Å². The third-order valence-electron chi connectivity index (χ3n) is 1.76. The molecule has 0 spiro atoms. The van der Waals surface area contributed by atoms with Crippen LogP contribution in [0.25, 0.3) is 0 Å². The van der Waals surface area contributed by atoms with E-state index in [1.54, 1.807) is 4.72 Å². The van der Waals surface area contributed by atoms with Gasteiger partial charge in [-0.2, -0.15) is 13.2 Å². The first kappa shape index (κ1) is 15.7. The fourth-order valence-corrected chi connectivity index (χ4v) is 2.97. The Hall–Kier alpha value is -0.380. The number of pyridine rings is 1. The van der Waals surface area contributed by atoms with Gasteiger partial charge in [-0.25, -0.2) is 18.1 Å². The maximum atomic E-state index is 11.9. The first-order chi connectivity index (χ1) is 8.12. The van der Waals surface area contributed by atoms with Crippen LogP contribution in [-0.2, 0) is 10.0 Å². The largest absolute Gasteiger partial charge is 0.390 e. The third-order valence-corrected chi connectivity index (χ3v) is 4.08. The first-order valence-corrected chi connectivity index (χ1v) is 7.15. The van der Waals surface area contributed by atoms with E-state index in [0.717, 1.165) is 6.07 Å². The molecule has 0 aliphatic carbocycles. The molecular weight excluding hydrogens is 361 g/mol. The van der Waals surface area contributed by atoms with Gasteiger partial charge in [-0.3, -0.25) is 0 Å². The van der Waals surface area contributed by atoms with Gasteiger partial charge in [0.25, 0.3) is 0 Å². The summed E-state index contributed by atoms with van der Waals surface area (Å²) >= 11 is 8.57. The lowest BCUT2D eigenvalue weighted by atomic mass is 10.4. The summed E-state index contributed by atoms with van der Waals surface area (Å²) in [6.07, 6.45) is -4.41. The average Bonchev–Trinajstić information content (AvgIpc) is 2.19. The number of aromatic nitrogens is 1. The van der Waals surface area contributed by atoms with Crippen molar-refractivity contribution in [2.45, 2.75) is 17.5 Å². The Morgan fingerprint density at radius 3 is 2.61 bits per heavy atom. The molecule has 0 fully saturated rings. The van der Waals surface area contributed by atoms with Gasteiger partial charge in [0, 0.05) is 17.2 Å². The highest BCUT2D eigenvalue weighted by molar-refractivity contribution is 9.10. The van der Waals surface area contributed by atoms with E-state index in [0.29, 0.717) is 4.47 Å². The third kappa shape index (κ3) is 4.71. The Morgan fingerprint density at radius 1 is 1.44 bits per heavy atom. The van der Waals surface area contributed by atoms with E-state index in [1.807, 2.05) is 0 Å². The summed E-state index contributed by atoms with van der Waals surface area (Å²) in [6.45, 7) is -0.755. The van der Waals surface area contributed by atoms with Crippen LogP contribution in [0.1, 0.15) is 6.42 Å². The lowest BCUT2D eigenvalue weighted by molar-refractivity contribution is -0.132. The highest BCUT2D eigenvalue weighted by Gasteiger charge is 2.28. The molecule has 0 aromatic carbocycles. The van der Waals surface area contributed by atoms with Gasteiger partial charge in [-0.1, -0.05) is 11.6 Å². The van der Waals surface area contributed by atoms with Crippen molar-refractivity contribution in [1.29, 1.82) is 0 Å². The Bertz CT molecular complexity index is 536. The van der Waals surface area contributed by atoms with Crippen molar-refractivity contribution in [3.8, 4) is 0 Å². The van der Waals surface area contributed by atoms with E-state index < -0.39 is 29.2 Å². The van der Waals surface area contributed by atoms with Crippen molar-refractivity contribution >= 4 is 37.6 Å². The van der Waals surface area contributed by atoms with Crippen molar-refractivity contribution in [3.05, 3.63) is 21.9 Å². The number of hydrogen-bond acceptors (Lipinski definition) is 3. The zero-order valence-corrected chi connectivity index (χ0v) is 11.8. The fraction of sp³-hybridized carbons (Fsp3) is 0.375. The normalized spacial score (nSPS) is 12.7. The second-order valence-corrected chi connectivity index (χ2v) is 6.21. The van der Waals surface area contributed by atoms with Crippen LogP contribution in [-0.4, -0.2) is 26.1 Å². The monoisotopic (exact) mass is 366 g/mol. The molecule has 0 saturated carbocycles. The molecule has 0 bridgehead atoms. The van der Waals surface area contributed by atoms with E-state index in [9.17, 15) is 21.6 Å². The molecule has 0 radical (unpaired) electrons. The van der Waals surface area contributed by atoms with Gasteiger partial charge >= 0.3 is 6.18 Å². The number of alkyl halides is 3. The number of sulfonamides is 1. The quantitative estimate of drug-likeness (QED) is 0.833. The molecule has 1 aromatic heterocycles. The highest BCUT2D eigenvalue weighted by atomic mass is 79.9. The van der Waals surface area contributed by atoms with Crippen LogP contribution in [0.3, 0.4) is 0 Å². The van der Waals surface area contributed by atoms with Crippen molar-refractivity contribution in [1.82, 2.24) is 9.71 Å². The molecule has 1 rings (SSSR count). The van der Waals surface area contributed by atoms with Crippen LogP contribution in [0, 0.1) is 0 Å². The Morgan fingerprint density at radius 2 is 2.06 bits per heavy atom. The van der Waals surface area contributed by atoms with Crippen LogP contribution in [0.4, 0.5) is 13.2 Å². The van der Waals surface area contributed by atoms with Gasteiger partial charge in [0.1, 0.15) is 10.0 Å². The molecule has 102 valence electrons. The van der Waals surface area contributed by atoms with Crippen molar-refractivity contribution in [3.63, 3.8) is 0 Å². The molecule has 1 heterocycles. The minimum atomic E-state index is -4.43. The molecule has 1 N–H and O–H groups in total. The molecule has 0 saturated heterocycles. The summed E-state index contributed by atoms with van der Waals surface area (Å²) in [4.78, 5) is 3.20. The SMILES string of the molecule is O=S(=O)(NCCC(F)(F)F)c1cc(Br)cnc1Cl. The van der Waals surface area contributed by atoms with Crippen LogP contribution in [0.2, 0.25) is 5.15 Å². The number of hydrogen-bond donors (Lipinski definition) is 1. The first-order valence-electron chi connectivity index (χ1n) is 4.49. The fourth-order valence-electron chi connectivity index (χ4n) is 0.997. The summed E-state index contributed by atoms with van der Waals surface area (Å²) in [5.41, 5.74) is 0. The molecule has 18 heavy (non-hydrogen) atoms. The van der Waals surface area contributed by atoms with Gasteiger partial charge in [-0.15, -0.1) is 0 Å². The zero-order chi connectivity index (χ0) is 14.0. The van der Waals surface area contributed by atoms with E-state index in [2.05, 4.69) is 20.9 Å². The van der Waals surface area contributed by atoms with Gasteiger partial charge in [-0.05, 0) is 22.0 Å². The molecule has 0 atom stereocenters. The molecule has 0 unspecified atom stereocenters. The Labute approximate surface area is 115 Å². The summed E-state index contributed by atoms with van der Waals surface area (Å²) in [5, 5.41) is -0.308. The van der Waals surface area contributed by atoms with E-state index in [4.69, 9.17) is 11.6 Å².